The van der Waals surface area contributed by atoms with Crippen LogP contribution in [0.15, 0.2) is 12.7 Å². The molecule has 36 heavy (non-hydrogen) atoms. The molecule has 0 aromatic carbocycles. The fourth-order valence-corrected chi connectivity index (χ4v) is 5.65. The molecule has 0 saturated carbocycles. The maximum atomic E-state index is 11.8. The summed E-state index contributed by atoms with van der Waals surface area (Å²) in [5.74, 6) is 0.0426. The molecule has 0 bridgehead atoms. The Kier molecular flexibility index (Phi) is 9.47. The van der Waals surface area contributed by atoms with Crippen LogP contribution >= 0.6 is 23.5 Å². The van der Waals surface area contributed by atoms with Crippen molar-refractivity contribution in [3.63, 3.8) is 0 Å². The van der Waals surface area contributed by atoms with E-state index in [1.165, 1.54) is 10.9 Å². The van der Waals surface area contributed by atoms with E-state index in [1.54, 1.807) is 0 Å². The lowest BCUT2D eigenvalue weighted by Gasteiger charge is -2.19. The van der Waals surface area contributed by atoms with E-state index in [4.69, 9.17) is 42.7 Å². The predicted molar refractivity (Wildman–Crippen MR) is 110 cm³/mol. The van der Waals surface area contributed by atoms with Gasteiger partial charge in [-0.3, -0.25) is 18.2 Å². The van der Waals surface area contributed by atoms with Gasteiger partial charge in [0.15, 0.2) is 17.7 Å². The van der Waals surface area contributed by atoms with Gasteiger partial charge in [-0.1, -0.05) is 0 Å². The molecule has 1 fully saturated rings. The monoisotopic (exact) mass is 605 g/mol. The summed E-state index contributed by atoms with van der Waals surface area (Å²) in [4.78, 5) is 47.2. The van der Waals surface area contributed by atoms with Crippen LogP contribution in [0.3, 0.4) is 0 Å². The lowest BCUT2D eigenvalue weighted by atomic mass is 10.1. The molecule has 3 heterocycles. The van der Waals surface area contributed by atoms with E-state index in [-0.39, 0.29) is 17.0 Å². The Morgan fingerprint density at radius 2 is 1.58 bits per heavy atom. The Hall–Kier alpha value is -1.49. The number of aromatic nitrogens is 4. The molecule has 6 atom stereocenters. The highest BCUT2D eigenvalue weighted by atomic mass is 32.3. The van der Waals surface area contributed by atoms with E-state index in [1.807, 2.05) is 0 Å². The molecule has 2 aromatic heterocycles. The summed E-state index contributed by atoms with van der Waals surface area (Å²) in [5.41, 5.74) is 6.00. The van der Waals surface area contributed by atoms with Crippen molar-refractivity contribution < 1.29 is 78.9 Å². The van der Waals surface area contributed by atoms with Gasteiger partial charge < -0.3 is 40.3 Å². The molecule has 1 saturated heterocycles. The van der Waals surface area contributed by atoms with Crippen LogP contribution < -0.4 is 5.73 Å². The number of anilines is 1. The van der Waals surface area contributed by atoms with Crippen molar-refractivity contribution >= 4 is 50.8 Å². The first kappa shape index (κ1) is 30.7. The van der Waals surface area contributed by atoms with Crippen LogP contribution in [0, 0.1) is 0 Å². The number of hydrogen-bond donors (Lipinski definition) is 9. The number of aliphatic hydroxyl groups is 2. The molecule has 0 radical (unpaired) electrons. The topological polar surface area (TPSA) is 354 Å². The zero-order chi connectivity index (χ0) is 27.7. The van der Waals surface area contributed by atoms with E-state index in [0.717, 1.165) is 6.33 Å². The number of imidazole rings is 1. The average molecular weight is 605 g/mol. The number of hydrogen-bond acceptors (Lipinski definition) is 15. The molecule has 1 aliphatic heterocycles. The summed E-state index contributed by atoms with van der Waals surface area (Å²) < 4.78 is 83.5. The summed E-state index contributed by atoms with van der Waals surface area (Å²) in [7, 11) is -21.3. The second kappa shape index (κ2) is 11.1. The largest absolute Gasteiger partial charge is 0.490 e. The Morgan fingerprint density at radius 3 is 2.14 bits per heavy atom. The summed E-state index contributed by atoms with van der Waals surface area (Å²) in [6, 6.07) is 0. The van der Waals surface area contributed by atoms with Crippen molar-refractivity contribution in [2.24, 2.45) is 0 Å². The van der Waals surface area contributed by atoms with Crippen molar-refractivity contribution in [1.29, 1.82) is 0 Å². The standard InChI is InChI=1S/C10H16N5O13P3.H2O4S/c11-8-5-9(13-2-12-8)15(3-14-5)10-7(17)6(16)4(26-10)1-25-30(21,22)28-31(23,24)27-29(18,19)20;1-5(2,3)4/h2-4,6-7,10,16-17H,1H2,(H,21,22)(H,23,24)(H2,11,12,13)(H2,18,19,20);(H2,1,2,3,4)/t4-,6-,7-,10-;/m1./s1. The minimum atomic E-state index is -5.70. The number of fused-ring (bicyclic) bond motifs is 1. The van der Waals surface area contributed by atoms with Crippen molar-refractivity contribution in [3.8, 4) is 0 Å². The molecule has 0 spiro atoms. The lowest BCUT2D eigenvalue weighted by molar-refractivity contribution is -0.0503. The Balaban J connectivity index is 0.000000830. The van der Waals surface area contributed by atoms with Crippen LogP contribution in [0.4, 0.5) is 5.82 Å². The third kappa shape index (κ3) is 9.11. The average Bonchev–Trinajstić information content (AvgIpc) is 3.19. The fraction of sp³-hybridized carbons (Fsp3) is 0.500. The van der Waals surface area contributed by atoms with E-state index >= 15 is 0 Å². The van der Waals surface area contributed by atoms with Crippen LogP contribution in [0.1, 0.15) is 6.23 Å². The van der Waals surface area contributed by atoms with Gasteiger partial charge in [0.05, 0.1) is 12.9 Å². The smallest absolute Gasteiger partial charge is 0.387 e. The highest BCUT2D eigenvalue weighted by Crippen LogP contribution is 2.66. The zero-order valence-corrected chi connectivity index (χ0v) is 20.5. The molecule has 0 aliphatic carbocycles. The second-order valence-corrected chi connectivity index (χ2v) is 11.8. The van der Waals surface area contributed by atoms with Crippen molar-refractivity contribution in [3.05, 3.63) is 12.7 Å². The van der Waals surface area contributed by atoms with Gasteiger partial charge in [-0.2, -0.15) is 17.0 Å². The van der Waals surface area contributed by atoms with Crippen LogP contribution in [-0.4, -0.2) is 91.7 Å². The van der Waals surface area contributed by atoms with Crippen LogP contribution in [0.25, 0.3) is 11.2 Å². The number of rotatable bonds is 8. The number of phosphoric ester groups is 1. The van der Waals surface area contributed by atoms with Gasteiger partial charge in [0.2, 0.25) is 0 Å². The maximum absolute atomic E-state index is 11.8. The summed E-state index contributed by atoms with van der Waals surface area (Å²) in [5, 5.41) is 20.4. The fourth-order valence-electron chi connectivity index (χ4n) is 2.62. The Bertz CT molecular complexity index is 1320. The number of ether oxygens (including phenoxy) is 1. The third-order valence-electron chi connectivity index (χ3n) is 3.82. The minimum Gasteiger partial charge on any atom is -0.387 e. The number of aliphatic hydroxyl groups excluding tert-OH is 2. The molecular formula is C10H18N5O17P3S. The number of nitrogens with two attached hydrogens (primary N) is 1. The number of phosphoric acid groups is 3. The quantitative estimate of drug-likeness (QED) is 0.113. The molecule has 26 heteroatoms. The lowest BCUT2D eigenvalue weighted by Crippen LogP contribution is -2.33. The number of nitrogen functional groups attached to an aromatic ring is 1. The van der Waals surface area contributed by atoms with Crippen LogP contribution in [0.5, 0.6) is 0 Å². The van der Waals surface area contributed by atoms with Gasteiger partial charge in [0.1, 0.15) is 30.2 Å². The molecule has 10 N–H and O–H groups in total. The van der Waals surface area contributed by atoms with Crippen LogP contribution in [0.2, 0.25) is 0 Å². The molecule has 2 unspecified atom stereocenters. The zero-order valence-electron chi connectivity index (χ0n) is 17.0. The van der Waals surface area contributed by atoms with E-state index in [9.17, 15) is 28.8 Å². The van der Waals surface area contributed by atoms with Gasteiger partial charge in [-0.25, -0.2) is 28.6 Å². The van der Waals surface area contributed by atoms with Gasteiger partial charge in [-0.05, 0) is 0 Å². The summed E-state index contributed by atoms with van der Waals surface area (Å²) in [6.07, 6.45) is -3.69. The summed E-state index contributed by atoms with van der Waals surface area (Å²) >= 11 is 0. The Labute approximate surface area is 199 Å². The van der Waals surface area contributed by atoms with Gasteiger partial charge in [-0.15, -0.1) is 0 Å². The molecular weight excluding hydrogens is 587 g/mol. The maximum Gasteiger partial charge on any atom is 0.490 e. The third-order valence-corrected chi connectivity index (χ3v) is 7.62. The van der Waals surface area contributed by atoms with E-state index < -0.39 is 65.0 Å². The molecule has 3 rings (SSSR count). The highest BCUT2D eigenvalue weighted by Gasteiger charge is 2.47. The van der Waals surface area contributed by atoms with E-state index in [2.05, 4.69) is 28.1 Å². The first-order chi connectivity index (χ1) is 16.2. The molecule has 0 amide bonds. The van der Waals surface area contributed by atoms with Crippen molar-refractivity contribution in [1.82, 2.24) is 19.5 Å². The second-order valence-electron chi connectivity index (χ2n) is 6.46. The van der Waals surface area contributed by atoms with Gasteiger partial charge >= 0.3 is 33.9 Å². The number of nitrogens with zero attached hydrogens (tertiary/aromatic N) is 4. The van der Waals surface area contributed by atoms with Gasteiger partial charge in [0, 0.05) is 0 Å². The van der Waals surface area contributed by atoms with Gasteiger partial charge in [0.25, 0.3) is 0 Å². The summed E-state index contributed by atoms with van der Waals surface area (Å²) in [6.45, 7) is -0.956. The highest BCUT2D eigenvalue weighted by molar-refractivity contribution is 7.79. The first-order valence-corrected chi connectivity index (χ1v) is 14.5. The van der Waals surface area contributed by atoms with Crippen molar-refractivity contribution in [2.45, 2.75) is 24.5 Å². The molecule has 22 nitrogen and oxygen atoms in total. The molecule has 2 aromatic rings. The SMILES string of the molecule is Nc1ncnc2c1ncn2[C@@H]1O[C@H](COP(=O)(O)OP(=O)(O)OP(=O)(O)O)[C@@H](O)[C@H]1O.O=S(=O)(O)O. The molecule has 1 aliphatic rings. The van der Waals surface area contributed by atoms with Crippen molar-refractivity contribution in [2.75, 3.05) is 12.3 Å². The van der Waals surface area contributed by atoms with Crippen LogP contribution in [-0.2, 0) is 42.0 Å². The van der Waals surface area contributed by atoms with E-state index in [0.29, 0.717) is 0 Å². The molecule has 206 valence electrons. The minimum absolute atomic E-state index is 0.0426. The first-order valence-electron chi connectivity index (χ1n) is 8.62. The normalized spacial score (nSPS) is 26.1. The Morgan fingerprint density at radius 1 is 1.00 bits per heavy atom. The predicted octanol–water partition coefficient (Wildman–Crippen LogP) is -2.28.